The number of nitrogens with one attached hydrogen (secondary N) is 1. The SMILES string of the molecule is CCCCOc1ccc(Br)cc1/C=C(\C#N)C(=O)Nc1ccc(OCC)cc1. The second-order valence-corrected chi connectivity index (χ2v) is 6.88. The van der Waals surface area contributed by atoms with E-state index in [0.717, 1.165) is 23.1 Å². The van der Waals surface area contributed by atoms with Gasteiger partial charge in [0.1, 0.15) is 23.1 Å². The topological polar surface area (TPSA) is 71.3 Å². The number of amides is 1. The van der Waals surface area contributed by atoms with E-state index >= 15 is 0 Å². The fourth-order valence-electron chi connectivity index (χ4n) is 2.39. The number of anilines is 1. The molecule has 0 radical (unpaired) electrons. The number of nitrogens with zero attached hydrogens (tertiary/aromatic N) is 1. The van der Waals surface area contributed by atoms with Gasteiger partial charge in [-0.3, -0.25) is 4.79 Å². The van der Waals surface area contributed by atoms with Crippen molar-refractivity contribution >= 4 is 33.6 Å². The molecule has 0 aromatic heterocycles. The number of hydrogen-bond acceptors (Lipinski definition) is 4. The maximum absolute atomic E-state index is 12.5. The largest absolute Gasteiger partial charge is 0.494 e. The number of nitriles is 1. The van der Waals surface area contributed by atoms with Gasteiger partial charge in [0.2, 0.25) is 0 Å². The first kappa shape index (κ1) is 21.5. The van der Waals surface area contributed by atoms with Crippen LogP contribution in [-0.2, 0) is 4.79 Å². The average Bonchev–Trinajstić information content (AvgIpc) is 2.69. The molecule has 0 aliphatic heterocycles. The first-order valence-corrected chi connectivity index (χ1v) is 9.95. The summed E-state index contributed by atoms with van der Waals surface area (Å²) in [5.74, 6) is 0.879. The summed E-state index contributed by atoms with van der Waals surface area (Å²) in [6, 6.07) is 14.5. The maximum Gasteiger partial charge on any atom is 0.266 e. The highest BCUT2D eigenvalue weighted by Gasteiger charge is 2.12. The number of rotatable bonds is 9. The molecule has 0 aliphatic carbocycles. The lowest BCUT2D eigenvalue weighted by Crippen LogP contribution is -2.13. The predicted octanol–water partition coefficient (Wildman–Crippen LogP) is 5.57. The summed E-state index contributed by atoms with van der Waals surface area (Å²) in [4.78, 5) is 12.5. The van der Waals surface area contributed by atoms with Crippen molar-refractivity contribution in [3.63, 3.8) is 0 Å². The summed E-state index contributed by atoms with van der Waals surface area (Å²) in [6.45, 7) is 5.15. The van der Waals surface area contributed by atoms with Crippen LogP contribution in [0, 0.1) is 11.3 Å². The molecule has 6 heteroatoms. The predicted molar refractivity (Wildman–Crippen MR) is 114 cm³/mol. The second-order valence-electron chi connectivity index (χ2n) is 5.97. The van der Waals surface area contributed by atoms with E-state index < -0.39 is 5.91 Å². The minimum Gasteiger partial charge on any atom is -0.494 e. The van der Waals surface area contributed by atoms with Crippen LogP contribution >= 0.6 is 15.9 Å². The lowest BCUT2D eigenvalue weighted by Gasteiger charge is -2.10. The Morgan fingerprint density at radius 1 is 1.18 bits per heavy atom. The normalized spacial score (nSPS) is 10.9. The Kier molecular flexibility index (Phi) is 8.57. The van der Waals surface area contributed by atoms with Crippen LogP contribution in [0.5, 0.6) is 11.5 Å². The number of carbonyl (C=O) groups is 1. The molecule has 0 saturated heterocycles. The van der Waals surface area contributed by atoms with Gasteiger partial charge in [0.15, 0.2) is 0 Å². The Morgan fingerprint density at radius 3 is 2.57 bits per heavy atom. The lowest BCUT2D eigenvalue weighted by molar-refractivity contribution is -0.112. The highest BCUT2D eigenvalue weighted by Crippen LogP contribution is 2.26. The summed E-state index contributed by atoms with van der Waals surface area (Å²) < 4.78 is 12.0. The van der Waals surface area contributed by atoms with Gasteiger partial charge in [0.05, 0.1) is 13.2 Å². The summed E-state index contributed by atoms with van der Waals surface area (Å²) in [7, 11) is 0. The van der Waals surface area contributed by atoms with E-state index in [0.29, 0.717) is 30.2 Å². The minimum atomic E-state index is -0.480. The molecule has 2 rings (SSSR count). The van der Waals surface area contributed by atoms with E-state index in [1.54, 1.807) is 24.3 Å². The van der Waals surface area contributed by atoms with Crippen molar-refractivity contribution in [2.75, 3.05) is 18.5 Å². The molecule has 146 valence electrons. The molecule has 1 N–H and O–H groups in total. The Labute approximate surface area is 174 Å². The van der Waals surface area contributed by atoms with Gasteiger partial charge in [-0.25, -0.2) is 0 Å². The van der Waals surface area contributed by atoms with Crippen molar-refractivity contribution in [2.45, 2.75) is 26.7 Å². The molecule has 0 atom stereocenters. The van der Waals surface area contributed by atoms with E-state index in [9.17, 15) is 10.1 Å². The first-order chi connectivity index (χ1) is 13.6. The quantitative estimate of drug-likeness (QED) is 0.312. The van der Waals surface area contributed by atoms with Gasteiger partial charge in [-0.05, 0) is 61.9 Å². The Balaban J connectivity index is 2.19. The molecular weight excluding hydrogens is 420 g/mol. The van der Waals surface area contributed by atoms with E-state index in [2.05, 4.69) is 28.2 Å². The molecule has 0 heterocycles. The van der Waals surface area contributed by atoms with Gasteiger partial charge < -0.3 is 14.8 Å². The molecule has 0 spiro atoms. The summed E-state index contributed by atoms with van der Waals surface area (Å²) in [5.41, 5.74) is 1.25. The van der Waals surface area contributed by atoms with Crippen molar-refractivity contribution in [1.82, 2.24) is 0 Å². The van der Waals surface area contributed by atoms with Crippen LogP contribution in [-0.4, -0.2) is 19.1 Å². The first-order valence-electron chi connectivity index (χ1n) is 9.15. The molecule has 0 aliphatic rings. The van der Waals surface area contributed by atoms with E-state index in [-0.39, 0.29) is 5.57 Å². The smallest absolute Gasteiger partial charge is 0.266 e. The standard InChI is InChI=1S/C22H23BrN2O3/c1-3-5-12-28-21-11-6-18(23)14-16(21)13-17(15-24)22(26)25-19-7-9-20(10-8-19)27-4-2/h6-11,13-14H,3-5,12H2,1-2H3,(H,25,26)/b17-13+. The third-order valence-electron chi connectivity index (χ3n) is 3.82. The fraction of sp³-hybridized carbons (Fsp3) is 0.273. The minimum absolute atomic E-state index is 0.00711. The molecule has 0 fully saturated rings. The van der Waals surface area contributed by atoms with Crippen LogP contribution in [0.2, 0.25) is 0 Å². The van der Waals surface area contributed by atoms with Crippen molar-refractivity contribution in [3.8, 4) is 17.6 Å². The molecule has 2 aromatic carbocycles. The summed E-state index contributed by atoms with van der Waals surface area (Å²) in [6.07, 6.45) is 3.49. The summed E-state index contributed by atoms with van der Waals surface area (Å²) >= 11 is 3.42. The Hall–Kier alpha value is -2.78. The van der Waals surface area contributed by atoms with Crippen LogP contribution < -0.4 is 14.8 Å². The molecule has 5 nitrogen and oxygen atoms in total. The number of unbranched alkanes of at least 4 members (excludes halogenated alkanes) is 1. The van der Waals surface area contributed by atoms with Crippen LogP contribution in [0.25, 0.3) is 6.08 Å². The zero-order chi connectivity index (χ0) is 20.4. The molecule has 1 amide bonds. The third-order valence-corrected chi connectivity index (χ3v) is 4.31. The van der Waals surface area contributed by atoms with Crippen LogP contribution in [0.4, 0.5) is 5.69 Å². The molecule has 0 bridgehead atoms. The number of hydrogen-bond donors (Lipinski definition) is 1. The summed E-state index contributed by atoms with van der Waals surface area (Å²) in [5, 5.41) is 12.2. The van der Waals surface area contributed by atoms with Gasteiger partial charge in [-0.1, -0.05) is 29.3 Å². The van der Waals surface area contributed by atoms with Gasteiger partial charge in [0, 0.05) is 15.7 Å². The fourth-order valence-corrected chi connectivity index (χ4v) is 2.77. The number of halogens is 1. The number of ether oxygens (including phenoxy) is 2. The van der Waals surface area contributed by atoms with Crippen molar-refractivity contribution < 1.29 is 14.3 Å². The van der Waals surface area contributed by atoms with Crippen molar-refractivity contribution in [3.05, 3.63) is 58.1 Å². The Bertz CT molecular complexity index is 870. The highest BCUT2D eigenvalue weighted by molar-refractivity contribution is 9.10. The number of benzene rings is 2. The van der Waals surface area contributed by atoms with Gasteiger partial charge >= 0.3 is 0 Å². The van der Waals surface area contributed by atoms with Crippen LogP contribution in [0.1, 0.15) is 32.3 Å². The zero-order valence-corrected chi connectivity index (χ0v) is 17.6. The second kappa shape index (κ2) is 11.2. The van der Waals surface area contributed by atoms with Crippen molar-refractivity contribution in [2.24, 2.45) is 0 Å². The molecule has 2 aromatic rings. The number of carbonyl (C=O) groups excluding carboxylic acids is 1. The zero-order valence-electron chi connectivity index (χ0n) is 16.0. The molecular formula is C22H23BrN2O3. The van der Waals surface area contributed by atoms with E-state index in [4.69, 9.17) is 9.47 Å². The van der Waals surface area contributed by atoms with Crippen LogP contribution in [0.15, 0.2) is 52.5 Å². The molecule has 28 heavy (non-hydrogen) atoms. The van der Waals surface area contributed by atoms with Gasteiger partial charge in [-0.2, -0.15) is 5.26 Å². The lowest BCUT2D eigenvalue weighted by atomic mass is 10.1. The monoisotopic (exact) mass is 442 g/mol. The van der Waals surface area contributed by atoms with Crippen molar-refractivity contribution in [1.29, 1.82) is 5.26 Å². The van der Waals surface area contributed by atoms with Gasteiger partial charge in [-0.15, -0.1) is 0 Å². The van der Waals surface area contributed by atoms with Gasteiger partial charge in [0.25, 0.3) is 5.91 Å². The Morgan fingerprint density at radius 2 is 1.93 bits per heavy atom. The molecule has 0 unspecified atom stereocenters. The average molecular weight is 443 g/mol. The highest BCUT2D eigenvalue weighted by atomic mass is 79.9. The van der Waals surface area contributed by atoms with E-state index in [1.165, 1.54) is 6.08 Å². The van der Waals surface area contributed by atoms with E-state index in [1.807, 2.05) is 31.2 Å². The third kappa shape index (κ3) is 6.43. The molecule has 0 saturated carbocycles. The maximum atomic E-state index is 12.5. The van der Waals surface area contributed by atoms with Crippen LogP contribution in [0.3, 0.4) is 0 Å².